The smallest absolute Gasteiger partial charge is 0.359 e. The normalized spacial score (nSPS) is 15.7. The van der Waals surface area contributed by atoms with E-state index in [0.29, 0.717) is 23.7 Å². The van der Waals surface area contributed by atoms with E-state index in [2.05, 4.69) is 14.9 Å². The molecule has 1 saturated carbocycles. The standard InChI is InChI=1S/C13H12F3N3O3S/c1-7-11(12(22-18-7)8-2-3-8)19-23(20,21)9-4-5-10(17-6-9)13(14,15)16/h4-6,8,19H,2-3H2,1H3. The fraction of sp³-hybridized carbons (Fsp3) is 0.385. The van der Waals surface area contributed by atoms with Crippen molar-refractivity contribution in [3.8, 4) is 0 Å². The number of rotatable bonds is 4. The van der Waals surface area contributed by atoms with Gasteiger partial charge < -0.3 is 4.52 Å². The van der Waals surface area contributed by atoms with E-state index in [1.807, 2.05) is 0 Å². The zero-order chi connectivity index (χ0) is 16.8. The molecule has 1 aliphatic rings. The van der Waals surface area contributed by atoms with Crippen molar-refractivity contribution in [1.29, 1.82) is 0 Å². The Morgan fingerprint density at radius 2 is 2.00 bits per heavy atom. The third kappa shape index (κ3) is 3.16. The van der Waals surface area contributed by atoms with Gasteiger partial charge in [-0.1, -0.05) is 5.16 Å². The van der Waals surface area contributed by atoms with Gasteiger partial charge >= 0.3 is 6.18 Å². The molecule has 2 heterocycles. The van der Waals surface area contributed by atoms with E-state index >= 15 is 0 Å². The van der Waals surface area contributed by atoms with Crippen molar-refractivity contribution in [2.24, 2.45) is 0 Å². The molecular weight excluding hydrogens is 335 g/mol. The first-order valence-corrected chi connectivity index (χ1v) is 8.19. The van der Waals surface area contributed by atoms with Crippen molar-refractivity contribution in [2.75, 3.05) is 4.72 Å². The van der Waals surface area contributed by atoms with Crippen LogP contribution in [0.25, 0.3) is 0 Å². The number of alkyl halides is 3. The topological polar surface area (TPSA) is 85.1 Å². The van der Waals surface area contributed by atoms with E-state index in [4.69, 9.17) is 4.52 Å². The highest BCUT2D eigenvalue weighted by Gasteiger charge is 2.34. The van der Waals surface area contributed by atoms with Crippen LogP contribution >= 0.6 is 0 Å². The number of pyridine rings is 1. The molecule has 2 aromatic heterocycles. The summed E-state index contributed by atoms with van der Waals surface area (Å²) in [4.78, 5) is 2.79. The second-order valence-electron chi connectivity index (χ2n) is 5.26. The quantitative estimate of drug-likeness (QED) is 0.919. The molecule has 1 N–H and O–H groups in total. The van der Waals surface area contributed by atoms with Crippen LogP contribution < -0.4 is 4.72 Å². The van der Waals surface area contributed by atoms with Crippen LogP contribution in [0, 0.1) is 6.92 Å². The number of hydrogen-bond acceptors (Lipinski definition) is 5. The Hall–Kier alpha value is -2.10. The van der Waals surface area contributed by atoms with Crippen molar-refractivity contribution >= 4 is 15.7 Å². The second kappa shape index (κ2) is 5.22. The number of hydrogen-bond donors (Lipinski definition) is 1. The molecule has 10 heteroatoms. The van der Waals surface area contributed by atoms with Crippen LogP contribution in [-0.2, 0) is 16.2 Å². The van der Waals surface area contributed by atoms with Crippen LogP contribution in [-0.4, -0.2) is 18.6 Å². The summed E-state index contributed by atoms with van der Waals surface area (Å²) in [5, 5.41) is 3.74. The Balaban J connectivity index is 1.89. The summed E-state index contributed by atoms with van der Waals surface area (Å²) >= 11 is 0. The molecule has 0 aromatic carbocycles. The van der Waals surface area contributed by atoms with Crippen LogP contribution in [0.5, 0.6) is 0 Å². The molecule has 0 aliphatic heterocycles. The third-order valence-corrected chi connectivity index (χ3v) is 4.75. The van der Waals surface area contributed by atoms with Crippen molar-refractivity contribution in [3.05, 3.63) is 35.5 Å². The largest absolute Gasteiger partial charge is 0.433 e. The Morgan fingerprint density at radius 3 is 2.52 bits per heavy atom. The molecule has 2 aromatic rings. The zero-order valence-electron chi connectivity index (χ0n) is 11.9. The minimum absolute atomic E-state index is 0.125. The lowest BCUT2D eigenvalue weighted by atomic mass is 10.2. The van der Waals surface area contributed by atoms with Crippen molar-refractivity contribution in [3.63, 3.8) is 0 Å². The molecule has 6 nitrogen and oxygen atoms in total. The van der Waals surface area contributed by atoms with E-state index in [1.165, 1.54) is 0 Å². The summed E-state index contributed by atoms with van der Waals surface area (Å²) in [6.07, 6.45) is -2.19. The fourth-order valence-corrected chi connectivity index (χ4v) is 3.11. The van der Waals surface area contributed by atoms with E-state index in [0.717, 1.165) is 18.9 Å². The van der Waals surface area contributed by atoms with Crippen molar-refractivity contribution in [2.45, 2.75) is 36.8 Å². The monoisotopic (exact) mass is 347 g/mol. The highest BCUT2D eigenvalue weighted by Crippen LogP contribution is 2.44. The highest BCUT2D eigenvalue weighted by molar-refractivity contribution is 7.92. The number of anilines is 1. The highest BCUT2D eigenvalue weighted by atomic mass is 32.2. The minimum atomic E-state index is -4.63. The molecule has 0 radical (unpaired) electrons. The summed E-state index contributed by atoms with van der Waals surface area (Å²) in [6, 6.07) is 1.48. The van der Waals surface area contributed by atoms with Gasteiger partial charge in [0, 0.05) is 12.1 Å². The van der Waals surface area contributed by atoms with E-state index in [-0.39, 0.29) is 16.5 Å². The van der Waals surface area contributed by atoms with E-state index in [9.17, 15) is 21.6 Å². The Labute approximate surface area is 129 Å². The van der Waals surface area contributed by atoms with Crippen molar-refractivity contribution < 1.29 is 26.1 Å². The lowest BCUT2D eigenvalue weighted by molar-refractivity contribution is -0.141. The predicted molar refractivity (Wildman–Crippen MR) is 73.3 cm³/mol. The van der Waals surface area contributed by atoms with Gasteiger partial charge in [0.05, 0.1) is 0 Å². The summed E-state index contributed by atoms with van der Waals surface area (Å²) in [5.74, 6) is 0.575. The molecule has 3 rings (SSSR count). The molecule has 0 unspecified atom stereocenters. The molecule has 0 bridgehead atoms. The van der Waals surface area contributed by atoms with Gasteiger partial charge in [-0.3, -0.25) is 9.71 Å². The zero-order valence-corrected chi connectivity index (χ0v) is 12.7. The van der Waals surface area contributed by atoms with Gasteiger partial charge in [0.15, 0.2) is 5.76 Å². The molecule has 0 saturated heterocycles. The average molecular weight is 347 g/mol. The molecule has 1 fully saturated rings. The molecule has 23 heavy (non-hydrogen) atoms. The second-order valence-corrected chi connectivity index (χ2v) is 6.95. The van der Waals surface area contributed by atoms with Crippen LogP contribution in [0.15, 0.2) is 27.7 Å². The number of halogens is 3. The maximum Gasteiger partial charge on any atom is 0.433 e. The summed E-state index contributed by atoms with van der Waals surface area (Å²) in [5.41, 5.74) is -0.543. The summed E-state index contributed by atoms with van der Waals surface area (Å²) < 4.78 is 69.5. The first-order chi connectivity index (χ1) is 10.7. The number of aromatic nitrogens is 2. The first-order valence-electron chi connectivity index (χ1n) is 6.71. The molecule has 1 aliphatic carbocycles. The molecule has 0 amide bonds. The maximum atomic E-state index is 12.5. The average Bonchev–Trinajstić information content (AvgIpc) is 3.25. The lowest BCUT2D eigenvalue weighted by Gasteiger charge is -2.09. The van der Waals surface area contributed by atoms with Gasteiger partial charge in [-0.05, 0) is 31.9 Å². The Kier molecular flexibility index (Phi) is 3.58. The van der Waals surface area contributed by atoms with Gasteiger partial charge in [0.1, 0.15) is 22.0 Å². The van der Waals surface area contributed by atoms with Gasteiger partial charge in [0.2, 0.25) is 0 Å². The Bertz CT molecular complexity index is 824. The minimum Gasteiger partial charge on any atom is -0.359 e. The number of sulfonamides is 1. The van der Waals surface area contributed by atoms with E-state index in [1.54, 1.807) is 6.92 Å². The van der Waals surface area contributed by atoms with Crippen LogP contribution in [0.4, 0.5) is 18.9 Å². The van der Waals surface area contributed by atoms with Crippen LogP contribution in [0.3, 0.4) is 0 Å². The van der Waals surface area contributed by atoms with E-state index < -0.39 is 21.9 Å². The fourth-order valence-electron chi connectivity index (χ4n) is 2.04. The van der Waals surface area contributed by atoms with Crippen LogP contribution in [0.1, 0.15) is 35.9 Å². The summed E-state index contributed by atoms with van der Waals surface area (Å²) in [7, 11) is -4.08. The summed E-state index contributed by atoms with van der Waals surface area (Å²) in [6.45, 7) is 1.58. The maximum absolute atomic E-state index is 12.5. The third-order valence-electron chi connectivity index (χ3n) is 3.41. The SMILES string of the molecule is Cc1noc(C2CC2)c1NS(=O)(=O)c1ccc(C(F)(F)F)nc1. The number of nitrogens with zero attached hydrogens (tertiary/aromatic N) is 2. The number of aryl methyl sites for hydroxylation is 1. The van der Waals surface area contributed by atoms with Gasteiger partial charge in [0.25, 0.3) is 10.0 Å². The molecule has 0 atom stereocenters. The van der Waals surface area contributed by atoms with Gasteiger partial charge in [-0.25, -0.2) is 8.42 Å². The number of nitrogens with one attached hydrogen (secondary N) is 1. The Morgan fingerprint density at radius 1 is 1.30 bits per heavy atom. The molecular formula is C13H12F3N3O3S. The molecule has 0 spiro atoms. The predicted octanol–water partition coefficient (Wildman–Crippen LogP) is 3.08. The first kappa shape index (κ1) is 15.8. The lowest BCUT2D eigenvalue weighted by Crippen LogP contribution is -2.15. The van der Waals surface area contributed by atoms with Crippen molar-refractivity contribution in [1.82, 2.24) is 10.1 Å². The van der Waals surface area contributed by atoms with Crippen LogP contribution in [0.2, 0.25) is 0 Å². The molecule has 124 valence electrons. The van der Waals surface area contributed by atoms with Gasteiger partial charge in [-0.15, -0.1) is 0 Å². The van der Waals surface area contributed by atoms with Gasteiger partial charge in [-0.2, -0.15) is 13.2 Å².